The van der Waals surface area contributed by atoms with Gasteiger partial charge in [0.05, 0.1) is 4.90 Å². The summed E-state index contributed by atoms with van der Waals surface area (Å²) >= 11 is 0. The zero-order valence-corrected chi connectivity index (χ0v) is 14.7. The average Bonchev–Trinajstić information content (AvgIpc) is 2.76. The van der Waals surface area contributed by atoms with Gasteiger partial charge in [-0.05, 0) is 40.6 Å². The molecule has 6 nitrogen and oxygen atoms in total. The lowest BCUT2D eigenvalue weighted by atomic mass is 10.1. The molecule has 1 aromatic rings. The second-order valence-corrected chi connectivity index (χ2v) is 7.86. The Kier molecular flexibility index (Phi) is 5.98. The SMILES string of the molecule is CCNCc1cc(S(=O)(=O)NCC(C)(C)N(C)C)cn1C. The van der Waals surface area contributed by atoms with Crippen LogP contribution in [-0.4, -0.2) is 50.6 Å². The second kappa shape index (κ2) is 6.91. The molecule has 0 atom stereocenters. The molecule has 0 fully saturated rings. The molecule has 2 N–H and O–H groups in total. The molecule has 0 aromatic carbocycles. The lowest BCUT2D eigenvalue weighted by molar-refractivity contribution is 0.199. The lowest BCUT2D eigenvalue weighted by Crippen LogP contribution is -2.48. The predicted molar refractivity (Wildman–Crippen MR) is 85.7 cm³/mol. The monoisotopic (exact) mass is 316 g/mol. The van der Waals surface area contributed by atoms with Crippen LogP contribution in [0.5, 0.6) is 0 Å². The molecule has 0 aliphatic heterocycles. The Hall–Kier alpha value is -0.890. The van der Waals surface area contributed by atoms with E-state index in [2.05, 4.69) is 10.0 Å². The molecule has 0 radical (unpaired) electrons. The molecular weight excluding hydrogens is 288 g/mol. The number of rotatable bonds is 8. The van der Waals surface area contributed by atoms with Crippen LogP contribution in [-0.2, 0) is 23.6 Å². The molecule has 122 valence electrons. The Morgan fingerprint density at radius 3 is 2.48 bits per heavy atom. The number of nitrogens with zero attached hydrogens (tertiary/aromatic N) is 2. The Morgan fingerprint density at radius 1 is 1.33 bits per heavy atom. The Morgan fingerprint density at radius 2 is 1.95 bits per heavy atom. The van der Waals surface area contributed by atoms with E-state index in [9.17, 15) is 8.42 Å². The molecule has 0 saturated heterocycles. The van der Waals surface area contributed by atoms with E-state index in [1.165, 1.54) is 0 Å². The summed E-state index contributed by atoms with van der Waals surface area (Å²) in [5.41, 5.74) is 0.707. The molecular formula is C14H28N4O2S. The van der Waals surface area contributed by atoms with Crippen LogP contribution in [0.4, 0.5) is 0 Å². The first kappa shape index (κ1) is 18.2. The topological polar surface area (TPSA) is 66.4 Å². The first-order valence-corrected chi connectivity index (χ1v) is 8.61. The summed E-state index contributed by atoms with van der Waals surface area (Å²) in [7, 11) is 2.25. The van der Waals surface area contributed by atoms with Gasteiger partial charge in [0.15, 0.2) is 0 Å². The van der Waals surface area contributed by atoms with E-state index in [4.69, 9.17) is 0 Å². The third kappa shape index (κ3) is 4.81. The fraction of sp³-hybridized carbons (Fsp3) is 0.714. The zero-order valence-electron chi connectivity index (χ0n) is 13.9. The molecule has 0 amide bonds. The van der Waals surface area contributed by atoms with Gasteiger partial charge in [-0.1, -0.05) is 6.92 Å². The predicted octanol–water partition coefficient (Wildman–Crippen LogP) is 0.753. The maximum Gasteiger partial charge on any atom is 0.242 e. The molecule has 1 aromatic heterocycles. The van der Waals surface area contributed by atoms with E-state index in [0.717, 1.165) is 12.2 Å². The van der Waals surface area contributed by atoms with Crippen LogP contribution in [0, 0.1) is 0 Å². The van der Waals surface area contributed by atoms with Crippen LogP contribution < -0.4 is 10.0 Å². The molecule has 1 rings (SSSR count). The molecule has 0 saturated carbocycles. The van der Waals surface area contributed by atoms with E-state index < -0.39 is 10.0 Å². The zero-order chi connectivity index (χ0) is 16.3. The molecule has 0 aliphatic carbocycles. The summed E-state index contributed by atoms with van der Waals surface area (Å²) in [5.74, 6) is 0. The van der Waals surface area contributed by atoms with Gasteiger partial charge in [-0.25, -0.2) is 13.1 Å². The van der Waals surface area contributed by atoms with Crippen molar-refractivity contribution in [2.45, 2.75) is 37.8 Å². The van der Waals surface area contributed by atoms with E-state index in [-0.39, 0.29) is 5.54 Å². The highest BCUT2D eigenvalue weighted by Gasteiger charge is 2.25. The van der Waals surface area contributed by atoms with Crippen LogP contribution in [0.2, 0.25) is 0 Å². The number of hydrogen-bond donors (Lipinski definition) is 2. The molecule has 0 bridgehead atoms. The number of sulfonamides is 1. The summed E-state index contributed by atoms with van der Waals surface area (Å²) in [5, 5.41) is 3.20. The minimum Gasteiger partial charge on any atom is -0.352 e. The molecule has 7 heteroatoms. The minimum absolute atomic E-state index is 0.242. The third-order valence-corrected chi connectivity index (χ3v) is 5.22. The van der Waals surface area contributed by atoms with Crippen molar-refractivity contribution < 1.29 is 8.42 Å². The average molecular weight is 316 g/mol. The molecule has 0 aliphatic rings. The van der Waals surface area contributed by atoms with E-state index in [0.29, 0.717) is 18.0 Å². The highest BCUT2D eigenvalue weighted by atomic mass is 32.2. The minimum atomic E-state index is -3.48. The first-order valence-electron chi connectivity index (χ1n) is 7.13. The number of aromatic nitrogens is 1. The van der Waals surface area contributed by atoms with E-state index in [1.54, 1.807) is 12.3 Å². The molecule has 0 unspecified atom stereocenters. The van der Waals surface area contributed by atoms with Crippen LogP contribution in [0.25, 0.3) is 0 Å². The molecule has 1 heterocycles. The van der Waals surface area contributed by atoms with Gasteiger partial charge in [-0.2, -0.15) is 0 Å². The summed E-state index contributed by atoms with van der Waals surface area (Å²) in [6.07, 6.45) is 1.65. The van der Waals surface area contributed by atoms with Gasteiger partial charge in [-0.3, -0.25) is 0 Å². The van der Waals surface area contributed by atoms with Gasteiger partial charge >= 0.3 is 0 Å². The van der Waals surface area contributed by atoms with Gasteiger partial charge in [0.2, 0.25) is 10.0 Å². The van der Waals surface area contributed by atoms with Gasteiger partial charge < -0.3 is 14.8 Å². The van der Waals surface area contributed by atoms with Crippen molar-refractivity contribution in [1.82, 2.24) is 19.5 Å². The second-order valence-electron chi connectivity index (χ2n) is 6.09. The Bertz CT molecular complexity index is 562. The van der Waals surface area contributed by atoms with Gasteiger partial charge in [0.1, 0.15) is 0 Å². The van der Waals surface area contributed by atoms with Crippen molar-refractivity contribution in [2.75, 3.05) is 27.2 Å². The van der Waals surface area contributed by atoms with Crippen molar-refractivity contribution in [3.8, 4) is 0 Å². The standard InChI is InChI=1S/C14H28N4O2S/c1-7-15-9-12-8-13(10-18(12)6)21(19,20)16-11-14(2,3)17(4)5/h8,10,15-16H,7,9,11H2,1-6H3. The summed E-state index contributed by atoms with van der Waals surface area (Å²) < 4.78 is 29.3. The number of aryl methyl sites for hydroxylation is 1. The maximum atomic E-state index is 12.4. The van der Waals surface area contributed by atoms with Crippen molar-refractivity contribution in [3.63, 3.8) is 0 Å². The Labute approximate surface area is 128 Å². The number of hydrogen-bond acceptors (Lipinski definition) is 4. The third-order valence-electron chi connectivity index (χ3n) is 3.85. The molecule has 0 spiro atoms. The van der Waals surface area contributed by atoms with Crippen molar-refractivity contribution in [2.24, 2.45) is 7.05 Å². The highest BCUT2D eigenvalue weighted by molar-refractivity contribution is 7.89. The lowest BCUT2D eigenvalue weighted by Gasteiger charge is -2.32. The first-order chi connectivity index (χ1) is 9.60. The van der Waals surface area contributed by atoms with Crippen molar-refractivity contribution in [3.05, 3.63) is 18.0 Å². The van der Waals surface area contributed by atoms with Gasteiger partial charge in [0.25, 0.3) is 0 Å². The van der Waals surface area contributed by atoms with Crippen LogP contribution in [0.15, 0.2) is 17.2 Å². The highest BCUT2D eigenvalue weighted by Crippen LogP contribution is 2.15. The van der Waals surface area contributed by atoms with Crippen molar-refractivity contribution in [1.29, 1.82) is 0 Å². The fourth-order valence-electron chi connectivity index (χ4n) is 1.67. The normalized spacial score (nSPS) is 13.1. The smallest absolute Gasteiger partial charge is 0.242 e. The summed E-state index contributed by atoms with van der Waals surface area (Å²) in [6.45, 7) is 7.88. The van der Waals surface area contributed by atoms with Crippen LogP contribution in [0.3, 0.4) is 0 Å². The van der Waals surface area contributed by atoms with E-state index >= 15 is 0 Å². The molecule has 21 heavy (non-hydrogen) atoms. The van der Waals surface area contributed by atoms with Crippen LogP contribution in [0.1, 0.15) is 26.5 Å². The quantitative estimate of drug-likeness (QED) is 0.743. The van der Waals surface area contributed by atoms with Crippen LogP contribution >= 0.6 is 0 Å². The Balaban J connectivity index is 2.84. The fourth-order valence-corrected chi connectivity index (χ4v) is 2.96. The van der Waals surface area contributed by atoms with Gasteiger partial charge in [0, 0.05) is 37.6 Å². The number of likely N-dealkylation sites (N-methyl/N-ethyl adjacent to an activating group) is 1. The van der Waals surface area contributed by atoms with Gasteiger partial charge in [-0.15, -0.1) is 0 Å². The summed E-state index contributed by atoms with van der Waals surface area (Å²) in [4.78, 5) is 2.31. The largest absolute Gasteiger partial charge is 0.352 e. The van der Waals surface area contributed by atoms with E-state index in [1.807, 2.05) is 51.4 Å². The van der Waals surface area contributed by atoms with Crippen molar-refractivity contribution >= 4 is 10.0 Å². The summed E-state index contributed by atoms with van der Waals surface area (Å²) in [6, 6.07) is 1.72. The maximum absolute atomic E-state index is 12.4. The number of nitrogens with one attached hydrogen (secondary N) is 2.